The zero-order valence-corrected chi connectivity index (χ0v) is 10.2. The molecule has 0 radical (unpaired) electrons. The molecule has 4 heteroatoms. The van der Waals surface area contributed by atoms with Gasteiger partial charge in [-0.25, -0.2) is 0 Å². The Morgan fingerprint density at radius 3 is 2.31 bits per heavy atom. The summed E-state index contributed by atoms with van der Waals surface area (Å²) in [6.07, 6.45) is 4.96. The molecule has 0 saturated heterocycles. The van der Waals surface area contributed by atoms with Crippen LogP contribution in [0.5, 0.6) is 0 Å². The third-order valence-corrected chi connectivity index (χ3v) is 2.51. The lowest BCUT2D eigenvalue weighted by Gasteiger charge is -2.11. The molecule has 0 aliphatic carbocycles. The predicted octanol–water partition coefficient (Wildman–Crippen LogP) is 2.61. The molecular weight excluding hydrogens is 208 g/mol. The van der Waals surface area contributed by atoms with E-state index >= 15 is 0 Å². The van der Waals surface area contributed by atoms with Gasteiger partial charge in [-0.05, 0) is 25.7 Å². The Hall–Kier alpha value is -1.06. The summed E-state index contributed by atoms with van der Waals surface area (Å²) in [5.41, 5.74) is 0. The van der Waals surface area contributed by atoms with Gasteiger partial charge in [-0.3, -0.25) is 9.59 Å². The number of carbonyl (C=O) groups excluding carboxylic acids is 1. The molecule has 1 N–H and O–H groups in total. The van der Waals surface area contributed by atoms with Gasteiger partial charge >= 0.3 is 11.9 Å². The van der Waals surface area contributed by atoms with Gasteiger partial charge in [-0.15, -0.1) is 0 Å². The molecule has 0 bridgehead atoms. The van der Waals surface area contributed by atoms with Crippen molar-refractivity contribution in [3.05, 3.63) is 0 Å². The van der Waals surface area contributed by atoms with Gasteiger partial charge in [0.05, 0.1) is 12.5 Å². The van der Waals surface area contributed by atoms with E-state index in [-0.39, 0.29) is 11.9 Å². The largest absolute Gasteiger partial charge is 0.481 e. The summed E-state index contributed by atoms with van der Waals surface area (Å²) < 4.78 is 4.78. The smallest absolute Gasteiger partial charge is 0.306 e. The number of hydrogen-bond acceptors (Lipinski definition) is 3. The molecular formula is C12H22O4. The van der Waals surface area contributed by atoms with Gasteiger partial charge in [-0.2, -0.15) is 0 Å². The van der Waals surface area contributed by atoms with E-state index in [1.165, 1.54) is 6.92 Å². The van der Waals surface area contributed by atoms with Gasteiger partial charge in [0, 0.05) is 6.92 Å². The Kier molecular flexibility index (Phi) is 8.58. The molecule has 0 amide bonds. The second-order valence-electron chi connectivity index (χ2n) is 4.01. The predicted molar refractivity (Wildman–Crippen MR) is 61.1 cm³/mol. The van der Waals surface area contributed by atoms with Gasteiger partial charge in [0.25, 0.3) is 0 Å². The van der Waals surface area contributed by atoms with Crippen molar-refractivity contribution in [1.82, 2.24) is 0 Å². The summed E-state index contributed by atoms with van der Waals surface area (Å²) in [4.78, 5) is 21.4. The monoisotopic (exact) mass is 230 g/mol. The summed E-state index contributed by atoms with van der Waals surface area (Å²) in [7, 11) is 0. The number of carboxylic acids is 1. The molecule has 4 nitrogen and oxygen atoms in total. The molecule has 0 aliphatic rings. The van der Waals surface area contributed by atoms with Crippen molar-refractivity contribution in [2.75, 3.05) is 6.61 Å². The fourth-order valence-electron chi connectivity index (χ4n) is 1.55. The number of esters is 1. The van der Waals surface area contributed by atoms with Crippen molar-refractivity contribution in [3.8, 4) is 0 Å². The highest BCUT2D eigenvalue weighted by molar-refractivity contribution is 5.69. The number of unbranched alkanes of at least 4 members (excludes halogenated alkanes) is 2. The van der Waals surface area contributed by atoms with Crippen LogP contribution in [-0.2, 0) is 14.3 Å². The van der Waals surface area contributed by atoms with Crippen molar-refractivity contribution in [2.24, 2.45) is 5.92 Å². The third kappa shape index (κ3) is 8.26. The van der Waals surface area contributed by atoms with E-state index in [2.05, 4.69) is 6.92 Å². The van der Waals surface area contributed by atoms with E-state index in [0.29, 0.717) is 13.0 Å². The highest BCUT2D eigenvalue weighted by atomic mass is 16.5. The Balaban J connectivity index is 3.60. The lowest BCUT2D eigenvalue weighted by Crippen LogP contribution is -2.14. The second-order valence-corrected chi connectivity index (χ2v) is 4.01. The first-order chi connectivity index (χ1) is 7.57. The highest BCUT2D eigenvalue weighted by Gasteiger charge is 2.15. The summed E-state index contributed by atoms with van der Waals surface area (Å²) in [6.45, 7) is 3.83. The second kappa shape index (κ2) is 9.19. The summed E-state index contributed by atoms with van der Waals surface area (Å²) in [5.74, 6) is -1.22. The number of rotatable bonds is 9. The Morgan fingerprint density at radius 1 is 1.19 bits per heavy atom. The maximum atomic E-state index is 10.9. The molecule has 0 fully saturated rings. The normalized spacial score (nSPS) is 12.1. The summed E-state index contributed by atoms with van der Waals surface area (Å²) >= 11 is 0. The lowest BCUT2D eigenvalue weighted by molar-refractivity contribution is -0.143. The summed E-state index contributed by atoms with van der Waals surface area (Å²) in [5, 5.41) is 8.96. The molecule has 94 valence electrons. The van der Waals surface area contributed by atoms with E-state index < -0.39 is 5.97 Å². The van der Waals surface area contributed by atoms with Gasteiger partial charge in [0.2, 0.25) is 0 Å². The van der Waals surface area contributed by atoms with E-state index in [1.54, 1.807) is 0 Å². The minimum absolute atomic E-state index is 0.239. The van der Waals surface area contributed by atoms with Crippen LogP contribution < -0.4 is 0 Å². The number of carbonyl (C=O) groups is 2. The van der Waals surface area contributed by atoms with Gasteiger partial charge < -0.3 is 9.84 Å². The van der Waals surface area contributed by atoms with Crippen LogP contribution in [0.4, 0.5) is 0 Å². The number of carboxylic acid groups (broad SMARTS) is 1. The van der Waals surface area contributed by atoms with E-state index in [4.69, 9.17) is 9.84 Å². The highest BCUT2D eigenvalue weighted by Crippen LogP contribution is 2.16. The van der Waals surface area contributed by atoms with E-state index in [1.807, 2.05) is 0 Å². The first-order valence-corrected chi connectivity index (χ1v) is 5.94. The Bertz CT molecular complexity index is 213. The van der Waals surface area contributed by atoms with Crippen LogP contribution in [0.2, 0.25) is 0 Å². The molecule has 0 rings (SSSR count). The van der Waals surface area contributed by atoms with Gasteiger partial charge in [0.1, 0.15) is 0 Å². The van der Waals surface area contributed by atoms with Gasteiger partial charge in [-0.1, -0.05) is 19.8 Å². The Morgan fingerprint density at radius 2 is 1.81 bits per heavy atom. The first kappa shape index (κ1) is 14.9. The van der Waals surface area contributed by atoms with Crippen molar-refractivity contribution in [2.45, 2.75) is 52.4 Å². The molecule has 0 aliphatic heterocycles. The maximum absolute atomic E-state index is 10.9. The lowest BCUT2D eigenvalue weighted by atomic mass is 9.96. The molecule has 1 atom stereocenters. The first-order valence-electron chi connectivity index (χ1n) is 5.94. The average molecular weight is 230 g/mol. The van der Waals surface area contributed by atoms with E-state index in [0.717, 1.165) is 32.1 Å². The maximum Gasteiger partial charge on any atom is 0.306 e. The zero-order chi connectivity index (χ0) is 12.4. The van der Waals surface area contributed by atoms with Crippen LogP contribution in [0.25, 0.3) is 0 Å². The minimum Gasteiger partial charge on any atom is -0.481 e. The van der Waals surface area contributed by atoms with Crippen LogP contribution in [0, 0.1) is 5.92 Å². The minimum atomic E-state index is -0.707. The number of ether oxygens (including phenoxy) is 1. The molecule has 1 unspecified atom stereocenters. The molecule has 16 heavy (non-hydrogen) atoms. The van der Waals surface area contributed by atoms with Crippen molar-refractivity contribution >= 4 is 11.9 Å². The summed E-state index contributed by atoms with van der Waals surface area (Å²) in [6, 6.07) is 0. The molecule has 0 aromatic heterocycles. The van der Waals surface area contributed by atoms with Crippen LogP contribution in [0.15, 0.2) is 0 Å². The van der Waals surface area contributed by atoms with Gasteiger partial charge in [0.15, 0.2) is 0 Å². The van der Waals surface area contributed by atoms with Crippen LogP contribution in [0.3, 0.4) is 0 Å². The number of aliphatic carboxylic acids is 1. The van der Waals surface area contributed by atoms with Crippen molar-refractivity contribution in [1.29, 1.82) is 0 Å². The topological polar surface area (TPSA) is 63.6 Å². The fraction of sp³-hybridized carbons (Fsp3) is 0.833. The van der Waals surface area contributed by atoms with Crippen molar-refractivity contribution < 1.29 is 19.4 Å². The number of hydrogen-bond donors (Lipinski definition) is 1. The van der Waals surface area contributed by atoms with Crippen molar-refractivity contribution in [3.63, 3.8) is 0 Å². The standard InChI is InChI=1S/C12H22O4/c1-3-4-7-11(12(14)15)8-5-6-9-16-10(2)13/h11H,3-9H2,1-2H3,(H,14,15). The SMILES string of the molecule is CCCCC(CCCCOC(C)=O)C(=O)O. The Labute approximate surface area is 97.0 Å². The molecule has 0 aromatic carbocycles. The molecule has 0 heterocycles. The van der Waals surface area contributed by atoms with E-state index in [9.17, 15) is 9.59 Å². The molecule has 0 aromatic rings. The van der Waals surface area contributed by atoms with Crippen LogP contribution >= 0.6 is 0 Å². The third-order valence-electron chi connectivity index (χ3n) is 2.51. The average Bonchev–Trinajstić information content (AvgIpc) is 2.21. The zero-order valence-electron chi connectivity index (χ0n) is 10.2. The quantitative estimate of drug-likeness (QED) is 0.488. The fourth-order valence-corrected chi connectivity index (χ4v) is 1.55. The van der Waals surface area contributed by atoms with Crippen LogP contribution in [-0.4, -0.2) is 23.7 Å². The molecule has 0 saturated carbocycles. The van der Waals surface area contributed by atoms with Crippen LogP contribution in [0.1, 0.15) is 52.4 Å². The molecule has 0 spiro atoms.